The molecule has 7 nitrogen and oxygen atoms in total. The van der Waals surface area contributed by atoms with E-state index in [4.69, 9.17) is 9.15 Å². The van der Waals surface area contributed by atoms with Gasteiger partial charge in [0, 0.05) is 37.5 Å². The van der Waals surface area contributed by atoms with Crippen molar-refractivity contribution in [2.45, 2.75) is 31.7 Å². The molecule has 1 fully saturated rings. The second-order valence-electron chi connectivity index (χ2n) is 8.42. The Morgan fingerprint density at radius 1 is 1.06 bits per heavy atom. The van der Waals surface area contributed by atoms with E-state index in [1.807, 2.05) is 70.1 Å². The van der Waals surface area contributed by atoms with Crippen LogP contribution in [0, 0.1) is 0 Å². The second-order valence-corrected chi connectivity index (χ2v) is 8.42. The Kier molecular flexibility index (Phi) is 5.77. The summed E-state index contributed by atoms with van der Waals surface area (Å²) in [6.45, 7) is 1.31. The van der Waals surface area contributed by atoms with E-state index in [1.165, 1.54) is 0 Å². The van der Waals surface area contributed by atoms with Crippen molar-refractivity contribution in [1.82, 2.24) is 14.5 Å². The predicted octanol–water partition coefficient (Wildman–Crippen LogP) is 4.39. The molecule has 2 aromatic carbocycles. The van der Waals surface area contributed by atoms with Crippen LogP contribution in [0.15, 0.2) is 69.9 Å². The number of nitrogens with one attached hydrogen (secondary N) is 1. The third-order valence-corrected chi connectivity index (χ3v) is 6.43. The normalized spacial score (nSPS) is 14.6. The first-order chi connectivity index (χ1) is 16.1. The van der Waals surface area contributed by atoms with Crippen molar-refractivity contribution in [1.29, 1.82) is 0 Å². The first-order valence-electron chi connectivity index (χ1n) is 11.3. The van der Waals surface area contributed by atoms with Crippen LogP contribution in [-0.2, 0) is 11.2 Å². The van der Waals surface area contributed by atoms with Crippen molar-refractivity contribution in [2.24, 2.45) is 0 Å². The maximum absolute atomic E-state index is 12.8. The Bertz CT molecular complexity index is 1310. The summed E-state index contributed by atoms with van der Waals surface area (Å²) < 4.78 is 13.0. The topological polar surface area (TPSA) is 80.5 Å². The molecule has 4 aromatic rings. The van der Waals surface area contributed by atoms with Gasteiger partial charge in [0.25, 0.3) is 0 Å². The van der Waals surface area contributed by atoms with Gasteiger partial charge in [0.05, 0.1) is 18.1 Å². The molecule has 0 unspecified atom stereocenters. The fourth-order valence-electron chi connectivity index (χ4n) is 4.62. The Labute approximate surface area is 191 Å². The number of piperidine rings is 1. The van der Waals surface area contributed by atoms with E-state index in [0.29, 0.717) is 25.9 Å². The van der Waals surface area contributed by atoms with Crippen LogP contribution < -0.4 is 10.4 Å². The summed E-state index contributed by atoms with van der Waals surface area (Å²) in [5, 5.41) is 0. The number of para-hydroxylation sites is 2. The van der Waals surface area contributed by atoms with E-state index < -0.39 is 0 Å². The molecule has 3 heterocycles. The highest BCUT2D eigenvalue weighted by atomic mass is 16.5. The maximum Gasteiger partial charge on any atom is 0.326 e. The standard InChI is InChI=1S/C26H27N3O4/c1-32-20-8-6-18(7-9-20)24-12-10-21(33-24)11-13-25(30)28-16-14-19(15-17-28)29-23-5-3-2-4-22(23)27-26(29)31/h2-10,12,19H,11,13-17H2,1H3,(H,27,31). The molecule has 170 valence electrons. The maximum atomic E-state index is 12.8. The number of carbonyl (C=O) groups is 1. The first kappa shape index (κ1) is 21.1. The van der Waals surface area contributed by atoms with Gasteiger partial charge in [-0.3, -0.25) is 9.36 Å². The summed E-state index contributed by atoms with van der Waals surface area (Å²) in [7, 11) is 1.64. The lowest BCUT2D eigenvalue weighted by Crippen LogP contribution is -2.40. The van der Waals surface area contributed by atoms with Gasteiger partial charge in [-0.2, -0.15) is 0 Å². The molecule has 33 heavy (non-hydrogen) atoms. The average molecular weight is 446 g/mol. The van der Waals surface area contributed by atoms with E-state index in [-0.39, 0.29) is 17.6 Å². The molecular weight excluding hydrogens is 418 g/mol. The third-order valence-electron chi connectivity index (χ3n) is 6.43. The number of hydrogen-bond donors (Lipinski definition) is 1. The summed E-state index contributed by atoms with van der Waals surface area (Å²) in [4.78, 5) is 30.1. The number of imidazole rings is 1. The number of aromatic amines is 1. The smallest absolute Gasteiger partial charge is 0.326 e. The minimum absolute atomic E-state index is 0.0774. The average Bonchev–Trinajstić information content (AvgIpc) is 3.46. The monoisotopic (exact) mass is 445 g/mol. The number of amides is 1. The number of carbonyl (C=O) groups excluding carboxylic acids is 1. The van der Waals surface area contributed by atoms with Crippen LogP contribution in [0.4, 0.5) is 0 Å². The predicted molar refractivity (Wildman–Crippen MR) is 126 cm³/mol. The van der Waals surface area contributed by atoms with Crippen LogP contribution in [0.1, 0.15) is 31.1 Å². The van der Waals surface area contributed by atoms with E-state index in [9.17, 15) is 9.59 Å². The number of aryl methyl sites for hydroxylation is 1. The number of hydrogen-bond acceptors (Lipinski definition) is 4. The van der Waals surface area contributed by atoms with E-state index in [2.05, 4.69) is 4.98 Å². The highest BCUT2D eigenvalue weighted by Gasteiger charge is 2.26. The van der Waals surface area contributed by atoms with Gasteiger partial charge in [0.1, 0.15) is 17.3 Å². The number of furan rings is 1. The van der Waals surface area contributed by atoms with Gasteiger partial charge < -0.3 is 19.0 Å². The number of aromatic nitrogens is 2. The highest BCUT2D eigenvalue weighted by Crippen LogP contribution is 2.27. The number of methoxy groups -OCH3 is 1. The fourth-order valence-corrected chi connectivity index (χ4v) is 4.62. The molecule has 1 amide bonds. The quantitative estimate of drug-likeness (QED) is 0.477. The SMILES string of the molecule is COc1ccc(-c2ccc(CCC(=O)N3CCC(n4c(=O)[nH]c5ccccc54)CC3)o2)cc1. The lowest BCUT2D eigenvalue weighted by molar-refractivity contribution is -0.132. The number of nitrogens with zero attached hydrogens (tertiary/aromatic N) is 2. The zero-order valence-corrected chi connectivity index (χ0v) is 18.6. The first-order valence-corrected chi connectivity index (χ1v) is 11.3. The Hall–Kier alpha value is -3.74. The summed E-state index contributed by atoms with van der Waals surface area (Å²) in [6.07, 6.45) is 2.52. The molecule has 0 spiro atoms. The van der Waals surface area contributed by atoms with Crippen molar-refractivity contribution in [3.63, 3.8) is 0 Å². The molecule has 1 aliphatic rings. The number of rotatable bonds is 6. The number of ether oxygens (including phenoxy) is 1. The van der Waals surface area contributed by atoms with Crippen LogP contribution in [0.25, 0.3) is 22.4 Å². The van der Waals surface area contributed by atoms with Gasteiger partial charge in [0.2, 0.25) is 5.91 Å². The third kappa shape index (κ3) is 4.31. The van der Waals surface area contributed by atoms with Crippen LogP contribution >= 0.6 is 0 Å². The zero-order chi connectivity index (χ0) is 22.8. The van der Waals surface area contributed by atoms with Gasteiger partial charge >= 0.3 is 5.69 Å². The Morgan fingerprint density at radius 3 is 2.58 bits per heavy atom. The van der Waals surface area contributed by atoms with E-state index in [1.54, 1.807) is 7.11 Å². The molecule has 0 aliphatic carbocycles. The molecule has 0 saturated carbocycles. The molecule has 1 saturated heterocycles. The van der Waals surface area contributed by atoms with Gasteiger partial charge in [-0.05, 0) is 61.4 Å². The molecule has 0 bridgehead atoms. The van der Waals surface area contributed by atoms with Crippen LogP contribution in [0.5, 0.6) is 5.75 Å². The van der Waals surface area contributed by atoms with E-state index >= 15 is 0 Å². The number of likely N-dealkylation sites (tertiary alicyclic amines) is 1. The van der Waals surface area contributed by atoms with Crippen LogP contribution in [0.3, 0.4) is 0 Å². The van der Waals surface area contributed by atoms with Gasteiger partial charge in [-0.1, -0.05) is 12.1 Å². The fraction of sp³-hybridized carbons (Fsp3) is 0.308. The molecule has 0 atom stereocenters. The van der Waals surface area contributed by atoms with Crippen molar-refractivity contribution < 1.29 is 13.9 Å². The summed E-state index contributed by atoms with van der Waals surface area (Å²) in [6, 6.07) is 19.4. The molecule has 7 heteroatoms. The minimum Gasteiger partial charge on any atom is -0.497 e. The summed E-state index contributed by atoms with van der Waals surface area (Å²) >= 11 is 0. The van der Waals surface area contributed by atoms with Gasteiger partial charge in [-0.15, -0.1) is 0 Å². The minimum atomic E-state index is -0.0774. The lowest BCUT2D eigenvalue weighted by atomic mass is 10.0. The molecule has 0 radical (unpaired) electrons. The number of H-pyrrole nitrogens is 1. The summed E-state index contributed by atoms with van der Waals surface area (Å²) in [5.74, 6) is 2.51. The van der Waals surface area contributed by atoms with E-state index in [0.717, 1.165) is 46.7 Å². The lowest BCUT2D eigenvalue weighted by Gasteiger charge is -2.32. The van der Waals surface area contributed by atoms with Crippen molar-refractivity contribution in [2.75, 3.05) is 20.2 Å². The number of benzene rings is 2. The second kappa shape index (κ2) is 9.02. The molecular formula is C26H27N3O4. The highest BCUT2D eigenvalue weighted by molar-refractivity contribution is 5.77. The molecule has 2 aromatic heterocycles. The van der Waals surface area contributed by atoms with Crippen molar-refractivity contribution in [3.8, 4) is 17.1 Å². The van der Waals surface area contributed by atoms with Crippen LogP contribution in [-0.4, -0.2) is 40.6 Å². The zero-order valence-electron chi connectivity index (χ0n) is 18.6. The summed E-state index contributed by atoms with van der Waals surface area (Å²) in [5.41, 5.74) is 2.68. The molecule has 1 aliphatic heterocycles. The molecule has 5 rings (SSSR count). The largest absolute Gasteiger partial charge is 0.497 e. The molecule has 1 N–H and O–H groups in total. The van der Waals surface area contributed by atoms with Crippen LogP contribution in [0.2, 0.25) is 0 Å². The van der Waals surface area contributed by atoms with Crippen molar-refractivity contribution >= 4 is 16.9 Å². The Morgan fingerprint density at radius 2 is 1.82 bits per heavy atom. The number of fused-ring (bicyclic) bond motifs is 1. The van der Waals surface area contributed by atoms with Gasteiger partial charge in [0.15, 0.2) is 0 Å². The van der Waals surface area contributed by atoms with Gasteiger partial charge in [-0.25, -0.2) is 4.79 Å². The van der Waals surface area contributed by atoms with Crippen molar-refractivity contribution in [3.05, 3.63) is 76.9 Å². The Balaban J connectivity index is 1.16.